The average molecular weight is 260 g/mol. The summed E-state index contributed by atoms with van der Waals surface area (Å²) in [6.45, 7) is 1.63. The molecule has 1 saturated heterocycles. The number of rotatable bonds is 1. The fourth-order valence-corrected chi connectivity index (χ4v) is 1.60. The zero-order chi connectivity index (χ0) is 13.1. The summed E-state index contributed by atoms with van der Waals surface area (Å²) >= 11 is 0. The fourth-order valence-electron chi connectivity index (χ4n) is 1.60. The normalized spacial score (nSPS) is 15.6. The first-order valence-corrected chi connectivity index (χ1v) is 5.36. The van der Waals surface area contributed by atoms with Gasteiger partial charge in [-0.1, -0.05) is 0 Å². The van der Waals surface area contributed by atoms with Crippen LogP contribution in [0.2, 0.25) is 0 Å². The Labute approximate surface area is 101 Å². The highest BCUT2D eigenvalue weighted by Gasteiger charge is 2.18. The molecule has 0 bridgehead atoms. The van der Waals surface area contributed by atoms with Crippen LogP contribution in [0.1, 0.15) is 0 Å². The number of nitrogens with one attached hydrogen (secondary N) is 1. The van der Waals surface area contributed by atoms with Crippen LogP contribution in [0, 0.1) is 17.5 Å². The SMILES string of the molecule is O=C(Nc1cc(F)c(F)c(F)c1)N1CCOCC1. The highest BCUT2D eigenvalue weighted by molar-refractivity contribution is 5.89. The van der Waals surface area contributed by atoms with Gasteiger partial charge in [-0.2, -0.15) is 0 Å². The molecule has 2 amide bonds. The molecule has 1 fully saturated rings. The Bertz CT molecular complexity index is 439. The molecule has 0 aromatic heterocycles. The first kappa shape index (κ1) is 12.7. The molecule has 1 aromatic carbocycles. The molecule has 0 radical (unpaired) electrons. The molecular weight excluding hydrogens is 249 g/mol. The second-order valence-electron chi connectivity index (χ2n) is 3.78. The van der Waals surface area contributed by atoms with Crippen molar-refractivity contribution >= 4 is 11.7 Å². The molecule has 0 aliphatic carbocycles. The Morgan fingerprint density at radius 1 is 1.17 bits per heavy atom. The number of urea groups is 1. The van der Waals surface area contributed by atoms with Crippen LogP contribution in [-0.2, 0) is 4.74 Å². The third kappa shape index (κ3) is 2.73. The van der Waals surface area contributed by atoms with Crippen LogP contribution in [0.4, 0.5) is 23.7 Å². The maximum atomic E-state index is 12.9. The van der Waals surface area contributed by atoms with Gasteiger partial charge in [0.25, 0.3) is 0 Å². The Morgan fingerprint density at radius 2 is 1.72 bits per heavy atom. The Hall–Kier alpha value is -1.76. The van der Waals surface area contributed by atoms with Crippen molar-refractivity contribution in [1.29, 1.82) is 0 Å². The molecule has 0 saturated carbocycles. The van der Waals surface area contributed by atoms with Gasteiger partial charge in [0.1, 0.15) is 0 Å². The van der Waals surface area contributed by atoms with E-state index in [-0.39, 0.29) is 5.69 Å². The van der Waals surface area contributed by atoms with Gasteiger partial charge in [-0.25, -0.2) is 18.0 Å². The highest BCUT2D eigenvalue weighted by atomic mass is 19.2. The van der Waals surface area contributed by atoms with Gasteiger partial charge in [-0.15, -0.1) is 0 Å². The van der Waals surface area contributed by atoms with Crippen molar-refractivity contribution in [3.8, 4) is 0 Å². The molecule has 18 heavy (non-hydrogen) atoms. The van der Waals surface area contributed by atoms with Gasteiger partial charge in [0, 0.05) is 30.9 Å². The summed E-state index contributed by atoms with van der Waals surface area (Å²) < 4.78 is 43.6. The minimum Gasteiger partial charge on any atom is -0.378 e. The molecule has 1 aliphatic heterocycles. The Balaban J connectivity index is 2.06. The van der Waals surface area contributed by atoms with E-state index in [4.69, 9.17) is 4.74 Å². The highest BCUT2D eigenvalue weighted by Crippen LogP contribution is 2.17. The van der Waals surface area contributed by atoms with Crippen molar-refractivity contribution < 1.29 is 22.7 Å². The molecule has 1 aliphatic rings. The third-order valence-corrected chi connectivity index (χ3v) is 2.53. The zero-order valence-corrected chi connectivity index (χ0v) is 9.38. The predicted molar refractivity (Wildman–Crippen MR) is 57.7 cm³/mol. The first-order valence-electron chi connectivity index (χ1n) is 5.36. The quantitative estimate of drug-likeness (QED) is 0.784. The van der Waals surface area contributed by atoms with Crippen LogP contribution in [0.15, 0.2) is 12.1 Å². The van der Waals surface area contributed by atoms with E-state index in [0.29, 0.717) is 26.3 Å². The molecule has 1 N–H and O–H groups in total. The van der Waals surface area contributed by atoms with Gasteiger partial charge in [-0.3, -0.25) is 0 Å². The summed E-state index contributed by atoms with van der Waals surface area (Å²) in [4.78, 5) is 13.1. The summed E-state index contributed by atoms with van der Waals surface area (Å²) in [5.41, 5.74) is -0.122. The first-order chi connectivity index (χ1) is 8.58. The van der Waals surface area contributed by atoms with E-state index in [0.717, 1.165) is 12.1 Å². The molecule has 1 aromatic rings. The van der Waals surface area contributed by atoms with E-state index >= 15 is 0 Å². The van der Waals surface area contributed by atoms with E-state index in [1.165, 1.54) is 4.90 Å². The number of halogens is 3. The molecular formula is C11H11F3N2O2. The lowest BCUT2D eigenvalue weighted by atomic mass is 10.3. The third-order valence-electron chi connectivity index (χ3n) is 2.53. The molecule has 7 heteroatoms. The number of carbonyl (C=O) groups excluding carboxylic acids is 1. The van der Waals surface area contributed by atoms with Gasteiger partial charge >= 0.3 is 6.03 Å². The number of nitrogens with zero attached hydrogens (tertiary/aromatic N) is 1. The summed E-state index contributed by atoms with van der Waals surface area (Å²) in [6.07, 6.45) is 0. The van der Waals surface area contributed by atoms with E-state index in [1.807, 2.05) is 0 Å². The van der Waals surface area contributed by atoms with Crippen molar-refractivity contribution in [1.82, 2.24) is 4.90 Å². The number of anilines is 1. The fraction of sp³-hybridized carbons (Fsp3) is 0.364. The second-order valence-corrected chi connectivity index (χ2v) is 3.78. The van der Waals surface area contributed by atoms with E-state index in [1.54, 1.807) is 0 Å². The van der Waals surface area contributed by atoms with Gasteiger partial charge in [-0.05, 0) is 0 Å². The number of ether oxygens (including phenoxy) is 1. The molecule has 0 spiro atoms. The second kappa shape index (κ2) is 5.26. The smallest absolute Gasteiger partial charge is 0.322 e. The molecule has 0 atom stereocenters. The van der Waals surface area contributed by atoms with Crippen LogP contribution in [0.3, 0.4) is 0 Å². The molecule has 98 valence electrons. The van der Waals surface area contributed by atoms with Gasteiger partial charge in [0.05, 0.1) is 13.2 Å². The predicted octanol–water partition coefficient (Wildman–Crippen LogP) is 1.97. The zero-order valence-electron chi connectivity index (χ0n) is 9.38. The Morgan fingerprint density at radius 3 is 2.28 bits per heavy atom. The number of benzene rings is 1. The number of hydrogen-bond acceptors (Lipinski definition) is 2. The van der Waals surface area contributed by atoms with E-state index < -0.39 is 23.5 Å². The van der Waals surface area contributed by atoms with Crippen LogP contribution >= 0.6 is 0 Å². The maximum absolute atomic E-state index is 12.9. The monoisotopic (exact) mass is 260 g/mol. The van der Waals surface area contributed by atoms with Gasteiger partial charge in [0.15, 0.2) is 17.5 Å². The van der Waals surface area contributed by atoms with E-state index in [9.17, 15) is 18.0 Å². The summed E-state index contributed by atoms with van der Waals surface area (Å²) in [6, 6.07) is 0.969. The maximum Gasteiger partial charge on any atom is 0.322 e. The van der Waals surface area contributed by atoms with Gasteiger partial charge < -0.3 is 15.0 Å². The summed E-state index contributed by atoms with van der Waals surface area (Å²) in [7, 11) is 0. The minimum absolute atomic E-state index is 0.122. The molecule has 2 rings (SSSR count). The molecule has 4 nitrogen and oxygen atoms in total. The van der Waals surface area contributed by atoms with Crippen molar-refractivity contribution in [3.05, 3.63) is 29.6 Å². The van der Waals surface area contributed by atoms with Crippen molar-refractivity contribution in [2.45, 2.75) is 0 Å². The summed E-state index contributed by atoms with van der Waals surface area (Å²) in [5, 5.41) is 2.31. The van der Waals surface area contributed by atoms with E-state index in [2.05, 4.69) is 5.32 Å². The lowest BCUT2D eigenvalue weighted by Crippen LogP contribution is -2.43. The van der Waals surface area contributed by atoms with Crippen molar-refractivity contribution in [2.24, 2.45) is 0 Å². The van der Waals surface area contributed by atoms with Crippen LogP contribution in [0.5, 0.6) is 0 Å². The van der Waals surface area contributed by atoms with Crippen LogP contribution in [0.25, 0.3) is 0 Å². The van der Waals surface area contributed by atoms with Crippen LogP contribution in [-0.4, -0.2) is 37.2 Å². The van der Waals surface area contributed by atoms with Crippen LogP contribution < -0.4 is 5.32 Å². The number of hydrogen-bond donors (Lipinski definition) is 1. The number of morpholine rings is 1. The van der Waals surface area contributed by atoms with Gasteiger partial charge in [0.2, 0.25) is 0 Å². The Kier molecular flexibility index (Phi) is 3.71. The standard InChI is InChI=1S/C11H11F3N2O2/c12-8-5-7(6-9(13)10(8)14)15-11(17)16-1-3-18-4-2-16/h5-6H,1-4H2,(H,15,17). The van der Waals surface area contributed by atoms with Crippen molar-refractivity contribution in [3.63, 3.8) is 0 Å². The lowest BCUT2D eigenvalue weighted by Gasteiger charge is -2.26. The molecule has 1 heterocycles. The largest absolute Gasteiger partial charge is 0.378 e. The summed E-state index contributed by atoms with van der Waals surface area (Å²) in [5.74, 6) is -4.24. The average Bonchev–Trinajstić information content (AvgIpc) is 2.37. The number of carbonyl (C=O) groups is 1. The van der Waals surface area contributed by atoms with Crippen molar-refractivity contribution in [2.75, 3.05) is 31.6 Å². The minimum atomic E-state index is -1.56. The topological polar surface area (TPSA) is 41.6 Å². The molecule has 0 unspecified atom stereocenters. The lowest BCUT2D eigenvalue weighted by molar-refractivity contribution is 0.0564. The number of amides is 2.